The number of hydrogen-bond acceptors (Lipinski definition) is 4. The molecule has 0 saturated carbocycles. The monoisotopic (exact) mass is 243 g/mol. The fourth-order valence-electron chi connectivity index (χ4n) is 1.45. The number of halogens is 1. The van der Waals surface area contributed by atoms with Gasteiger partial charge in [-0.2, -0.15) is 4.98 Å². The minimum atomic E-state index is 0.584. The van der Waals surface area contributed by atoms with Gasteiger partial charge in [-0.15, -0.1) is 11.6 Å². The molecule has 4 nitrogen and oxygen atoms in total. The standard InChI is InChI=1S/C11H18ClN3O/c1-4-15(7-6-12)10-8-11(16-5-2)14-9(3)13-10/h8H,4-7H2,1-3H3. The van der Waals surface area contributed by atoms with Crippen LogP contribution in [-0.4, -0.2) is 35.5 Å². The minimum Gasteiger partial charge on any atom is -0.478 e. The molecule has 16 heavy (non-hydrogen) atoms. The van der Waals surface area contributed by atoms with Gasteiger partial charge in [0, 0.05) is 25.0 Å². The van der Waals surface area contributed by atoms with Gasteiger partial charge in [0.2, 0.25) is 5.88 Å². The predicted octanol–water partition coefficient (Wildman–Crippen LogP) is 2.25. The Morgan fingerprint density at radius 3 is 2.69 bits per heavy atom. The average Bonchev–Trinajstić information content (AvgIpc) is 2.25. The molecule has 0 spiro atoms. The van der Waals surface area contributed by atoms with Crippen molar-refractivity contribution in [2.45, 2.75) is 20.8 Å². The molecule has 0 aliphatic carbocycles. The molecule has 0 unspecified atom stereocenters. The van der Waals surface area contributed by atoms with Crippen LogP contribution in [0.3, 0.4) is 0 Å². The van der Waals surface area contributed by atoms with Crippen molar-refractivity contribution in [1.29, 1.82) is 0 Å². The van der Waals surface area contributed by atoms with Crippen molar-refractivity contribution in [3.05, 3.63) is 11.9 Å². The van der Waals surface area contributed by atoms with Crippen LogP contribution in [0.25, 0.3) is 0 Å². The lowest BCUT2D eigenvalue weighted by Gasteiger charge is -2.21. The smallest absolute Gasteiger partial charge is 0.218 e. The zero-order valence-electron chi connectivity index (χ0n) is 10.0. The van der Waals surface area contributed by atoms with Gasteiger partial charge in [-0.1, -0.05) is 0 Å². The molecule has 0 N–H and O–H groups in total. The molecule has 0 aromatic carbocycles. The average molecular weight is 244 g/mol. The van der Waals surface area contributed by atoms with E-state index in [4.69, 9.17) is 16.3 Å². The summed E-state index contributed by atoms with van der Waals surface area (Å²) < 4.78 is 5.39. The Labute approximate surface area is 102 Å². The summed E-state index contributed by atoms with van der Waals surface area (Å²) in [6.45, 7) is 8.13. The van der Waals surface area contributed by atoms with Crippen LogP contribution in [0.2, 0.25) is 0 Å². The van der Waals surface area contributed by atoms with Crippen molar-refractivity contribution in [1.82, 2.24) is 9.97 Å². The summed E-state index contributed by atoms with van der Waals surface area (Å²) in [7, 11) is 0. The summed E-state index contributed by atoms with van der Waals surface area (Å²) in [5.74, 6) is 2.80. The number of aryl methyl sites for hydroxylation is 1. The van der Waals surface area contributed by atoms with Crippen LogP contribution in [0, 0.1) is 6.92 Å². The van der Waals surface area contributed by atoms with Crippen molar-refractivity contribution in [2.24, 2.45) is 0 Å². The molecule has 0 amide bonds. The van der Waals surface area contributed by atoms with Crippen molar-refractivity contribution < 1.29 is 4.74 Å². The van der Waals surface area contributed by atoms with E-state index in [2.05, 4.69) is 21.8 Å². The fraction of sp³-hybridized carbons (Fsp3) is 0.636. The molecule has 0 fully saturated rings. The molecule has 0 radical (unpaired) electrons. The van der Waals surface area contributed by atoms with E-state index in [0.29, 0.717) is 24.2 Å². The van der Waals surface area contributed by atoms with Crippen molar-refractivity contribution in [3.8, 4) is 5.88 Å². The summed E-state index contributed by atoms with van der Waals surface area (Å²) in [5.41, 5.74) is 0. The highest BCUT2D eigenvalue weighted by atomic mass is 35.5. The normalized spacial score (nSPS) is 10.2. The third-order valence-electron chi connectivity index (χ3n) is 2.15. The minimum absolute atomic E-state index is 0.584. The summed E-state index contributed by atoms with van der Waals surface area (Å²) in [6, 6.07) is 1.85. The second-order valence-electron chi connectivity index (χ2n) is 3.31. The summed E-state index contributed by atoms with van der Waals surface area (Å²) in [5, 5.41) is 0. The first kappa shape index (κ1) is 13.0. The number of anilines is 1. The van der Waals surface area contributed by atoms with Crippen LogP contribution in [0.1, 0.15) is 19.7 Å². The molecule has 5 heteroatoms. The van der Waals surface area contributed by atoms with E-state index in [-0.39, 0.29) is 0 Å². The molecule has 0 bridgehead atoms. The van der Waals surface area contributed by atoms with Crippen LogP contribution < -0.4 is 9.64 Å². The highest BCUT2D eigenvalue weighted by Gasteiger charge is 2.08. The second-order valence-corrected chi connectivity index (χ2v) is 3.69. The van der Waals surface area contributed by atoms with E-state index in [1.54, 1.807) is 0 Å². The maximum atomic E-state index is 5.75. The molecule has 1 aromatic rings. The highest BCUT2D eigenvalue weighted by molar-refractivity contribution is 6.18. The van der Waals surface area contributed by atoms with Gasteiger partial charge in [0.1, 0.15) is 11.6 Å². The first-order valence-electron chi connectivity index (χ1n) is 5.50. The van der Waals surface area contributed by atoms with Crippen LogP contribution in [0.15, 0.2) is 6.07 Å². The van der Waals surface area contributed by atoms with Gasteiger partial charge in [-0.05, 0) is 20.8 Å². The third-order valence-corrected chi connectivity index (χ3v) is 2.32. The Kier molecular flexibility index (Phi) is 5.32. The molecule has 1 rings (SSSR count). The summed E-state index contributed by atoms with van der Waals surface area (Å²) >= 11 is 5.75. The maximum Gasteiger partial charge on any atom is 0.218 e. The lowest BCUT2D eigenvalue weighted by atomic mass is 10.4. The van der Waals surface area contributed by atoms with Gasteiger partial charge in [0.15, 0.2) is 0 Å². The zero-order valence-corrected chi connectivity index (χ0v) is 10.8. The molecule has 1 aromatic heterocycles. The fourth-order valence-corrected chi connectivity index (χ4v) is 1.65. The van der Waals surface area contributed by atoms with Gasteiger partial charge >= 0.3 is 0 Å². The first-order chi connectivity index (χ1) is 7.71. The number of hydrogen-bond donors (Lipinski definition) is 0. The zero-order chi connectivity index (χ0) is 12.0. The Bertz CT molecular complexity index is 333. The third kappa shape index (κ3) is 3.52. The Morgan fingerprint density at radius 1 is 1.38 bits per heavy atom. The van der Waals surface area contributed by atoms with E-state index in [9.17, 15) is 0 Å². The maximum absolute atomic E-state index is 5.75. The lowest BCUT2D eigenvalue weighted by molar-refractivity contribution is 0.325. The molecule has 90 valence electrons. The quantitative estimate of drug-likeness (QED) is 0.719. The molecular weight excluding hydrogens is 226 g/mol. The van der Waals surface area contributed by atoms with E-state index >= 15 is 0 Å². The van der Waals surface area contributed by atoms with Crippen LogP contribution in [-0.2, 0) is 0 Å². The Balaban J connectivity index is 2.92. The van der Waals surface area contributed by atoms with Crippen molar-refractivity contribution >= 4 is 17.4 Å². The highest BCUT2D eigenvalue weighted by Crippen LogP contribution is 2.17. The lowest BCUT2D eigenvalue weighted by Crippen LogP contribution is -2.26. The molecule has 0 aliphatic rings. The second kappa shape index (κ2) is 6.53. The van der Waals surface area contributed by atoms with Crippen LogP contribution in [0.5, 0.6) is 5.88 Å². The van der Waals surface area contributed by atoms with Crippen molar-refractivity contribution in [2.75, 3.05) is 30.5 Å². The van der Waals surface area contributed by atoms with Gasteiger partial charge in [0.05, 0.1) is 6.61 Å². The summed E-state index contributed by atoms with van der Waals surface area (Å²) in [4.78, 5) is 10.7. The van der Waals surface area contributed by atoms with E-state index < -0.39 is 0 Å². The molecule has 0 atom stereocenters. The number of rotatable bonds is 6. The van der Waals surface area contributed by atoms with E-state index in [1.807, 2.05) is 19.9 Å². The summed E-state index contributed by atoms with van der Waals surface area (Å²) in [6.07, 6.45) is 0. The number of ether oxygens (including phenoxy) is 1. The molecule has 0 aliphatic heterocycles. The van der Waals surface area contributed by atoms with Gasteiger partial charge in [0.25, 0.3) is 0 Å². The predicted molar refractivity (Wildman–Crippen MR) is 66.5 cm³/mol. The number of aromatic nitrogens is 2. The Morgan fingerprint density at radius 2 is 2.12 bits per heavy atom. The molecule has 1 heterocycles. The van der Waals surface area contributed by atoms with Gasteiger partial charge in [-0.25, -0.2) is 4.98 Å². The van der Waals surface area contributed by atoms with Gasteiger partial charge in [-0.3, -0.25) is 0 Å². The first-order valence-corrected chi connectivity index (χ1v) is 6.04. The number of nitrogens with zero attached hydrogens (tertiary/aromatic N) is 3. The molecular formula is C11H18ClN3O. The van der Waals surface area contributed by atoms with Gasteiger partial charge < -0.3 is 9.64 Å². The van der Waals surface area contributed by atoms with Crippen molar-refractivity contribution in [3.63, 3.8) is 0 Å². The van der Waals surface area contributed by atoms with Crippen LogP contribution in [0.4, 0.5) is 5.82 Å². The number of alkyl halides is 1. The van der Waals surface area contributed by atoms with Crippen LogP contribution >= 0.6 is 11.6 Å². The Hall–Kier alpha value is -1.03. The SMILES string of the molecule is CCOc1cc(N(CC)CCCl)nc(C)n1. The van der Waals surface area contributed by atoms with E-state index in [1.165, 1.54) is 0 Å². The topological polar surface area (TPSA) is 38.2 Å². The molecule has 0 saturated heterocycles. The van der Waals surface area contributed by atoms with E-state index in [0.717, 1.165) is 18.9 Å². The largest absolute Gasteiger partial charge is 0.478 e.